The highest BCUT2D eigenvalue weighted by Crippen LogP contribution is 2.21. The molecule has 0 aliphatic rings. The lowest BCUT2D eigenvalue weighted by Crippen LogP contribution is -2.08. The first kappa shape index (κ1) is 11.0. The summed E-state index contributed by atoms with van der Waals surface area (Å²) in [7, 11) is 0. The molecule has 0 radical (unpaired) electrons. The molecule has 16 heavy (non-hydrogen) atoms. The average molecular weight is 220 g/mol. The van der Waals surface area contributed by atoms with Crippen LogP contribution in [0.2, 0.25) is 0 Å². The van der Waals surface area contributed by atoms with Gasteiger partial charge >= 0.3 is 0 Å². The van der Waals surface area contributed by atoms with Gasteiger partial charge in [0, 0.05) is 18.1 Å². The van der Waals surface area contributed by atoms with Crippen molar-refractivity contribution in [1.82, 2.24) is 4.57 Å². The normalized spacial score (nSPS) is 11.1. The molecule has 1 aromatic carbocycles. The number of nitrogen functional groups attached to an aromatic ring is 1. The standard InChI is InChI=1S/C12H16N2O2/c13-11-3-1-2-10-4-5-14(12(10)11)6-8-16-9-7-15/h1-5,15H,6-9,13H2. The van der Waals surface area contributed by atoms with E-state index in [0.717, 1.165) is 23.1 Å². The Hall–Kier alpha value is -1.52. The van der Waals surface area contributed by atoms with Gasteiger partial charge in [-0.05, 0) is 12.1 Å². The van der Waals surface area contributed by atoms with E-state index in [1.165, 1.54) is 0 Å². The minimum absolute atomic E-state index is 0.0641. The fourth-order valence-electron chi connectivity index (χ4n) is 1.81. The van der Waals surface area contributed by atoms with Gasteiger partial charge in [-0.3, -0.25) is 0 Å². The van der Waals surface area contributed by atoms with Crippen molar-refractivity contribution in [1.29, 1.82) is 0 Å². The van der Waals surface area contributed by atoms with Gasteiger partial charge in [-0.2, -0.15) is 0 Å². The predicted molar refractivity (Wildman–Crippen MR) is 64.3 cm³/mol. The summed E-state index contributed by atoms with van der Waals surface area (Å²) in [4.78, 5) is 0. The zero-order chi connectivity index (χ0) is 11.4. The van der Waals surface area contributed by atoms with Crippen molar-refractivity contribution in [3.05, 3.63) is 30.5 Å². The Bertz CT molecular complexity index is 465. The summed E-state index contributed by atoms with van der Waals surface area (Å²) in [5, 5.41) is 9.73. The average Bonchev–Trinajstić information content (AvgIpc) is 2.69. The van der Waals surface area contributed by atoms with E-state index in [9.17, 15) is 0 Å². The van der Waals surface area contributed by atoms with Crippen LogP contribution in [0.1, 0.15) is 0 Å². The molecule has 0 atom stereocenters. The van der Waals surface area contributed by atoms with E-state index in [-0.39, 0.29) is 6.61 Å². The number of rotatable bonds is 5. The van der Waals surface area contributed by atoms with Crippen LogP contribution in [0, 0.1) is 0 Å². The molecule has 86 valence electrons. The summed E-state index contributed by atoms with van der Waals surface area (Å²) >= 11 is 0. The van der Waals surface area contributed by atoms with E-state index in [1.807, 2.05) is 30.5 Å². The highest BCUT2D eigenvalue weighted by molar-refractivity contribution is 5.90. The Kier molecular flexibility index (Phi) is 3.44. The van der Waals surface area contributed by atoms with Gasteiger partial charge in [0.1, 0.15) is 0 Å². The van der Waals surface area contributed by atoms with Gasteiger partial charge in [0.05, 0.1) is 31.0 Å². The molecule has 1 heterocycles. The van der Waals surface area contributed by atoms with Crippen LogP contribution in [0.15, 0.2) is 30.5 Å². The molecule has 0 bridgehead atoms. The third-order valence-electron chi connectivity index (χ3n) is 2.53. The molecule has 2 aromatic rings. The number of benzene rings is 1. The SMILES string of the molecule is Nc1cccc2ccn(CCOCCO)c12. The summed E-state index contributed by atoms with van der Waals surface area (Å²) in [5.74, 6) is 0. The fourth-order valence-corrected chi connectivity index (χ4v) is 1.81. The molecule has 0 amide bonds. The van der Waals surface area contributed by atoms with Crippen molar-refractivity contribution in [3.63, 3.8) is 0 Å². The lowest BCUT2D eigenvalue weighted by atomic mass is 10.2. The lowest BCUT2D eigenvalue weighted by molar-refractivity contribution is 0.0875. The summed E-state index contributed by atoms with van der Waals surface area (Å²) in [6.07, 6.45) is 2.00. The Morgan fingerprint density at radius 2 is 2.12 bits per heavy atom. The largest absolute Gasteiger partial charge is 0.397 e. The van der Waals surface area contributed by atoms with Crippen LogP contribution in [-0.4, -0.2) is 29.5 Å². The van der Waals surface area contributed by atoms with Gasteiger partial charge in [-0.15, -0.1) is 0 Å². The number of hydrogen-bond donors (Lipinski definition) is 2. The van der Waals surface area contributed by atoms with Crippen molar-refractivity contribution in [2.45, 2.75) is 6.54 Å². The second-order valence-corrected chi connectivity index (χ2v) is 3.63. The number of nitrogens with two attached hydrogens (primary N) is 1. The van der Waals surface area contributed by atoms with Crippen LogP contribution in [-0.2, 0) is 11.3 Å². The van der Waals surface area contributed by atoms with Crippen LogP contribution >= 0.6 is 0 Å². The summed E-state index contributed by atoms with van der Waals surface area (Å²) in [6.45, 7) is 1.78. The molecule has 0 aliphatic carbocycles. The number of aromatic nitrogens is 1. The Balaban J connectivity index is 2.12. The molecule has 4 nitrogen and oxygen atoms in total. The lowest BCUT2D eigenvalue weighted by Gasteiger charge is -2.07. The molecule has 3 N–H and O–H groups in total. The van der Waals surface area contributed by atoms with E-state index in [0.29, 0.717) is 13.2 Å². The van der Waals surface area contributed by atoms with E-state index in [2.05, 4.69) is 4.57 Å². The second kappa shape index (κ2) is 5.01. The minimum Gasteiger partial charge on any atom is -0.397 e. The number of para-hydroxylation sites is 1. The van der Waals surface area contributed by atoms with E-state index in [4.69, 9.17) is 15.6 Å². The van der Waals surface area contributed by atoms with Crippen molar-refractivity contribution in [2.24, 2.45) is 0 Å². The summed E-state index contributed by atoms with van der Waals surface area (Å²) in [6, 6.07) is 7.92. The molecule has 0 saturated carbocycles. The Morgan fingerprint density at radius 1 is 1.25 bits per heavy atom. The van der Waals surface area contributed by atoms with Crippen LogP contribution in [0.5, 0.6) is 0 Å². The van der Waals surface area contributed by atoms with Gasteiger partial charge < -0.3 is 20.1 Å². The third-order valence-corrected chi connectivity index (χ3v) is 2.53. The molecule has 4 heteroatoms. The topological polar surface area (TPSA) is 60.4 Å². The van der Waals surface area contributed by atoms with Gasteiger partial charge in [0.15, 0.2) is 0 Å². The maximum absolute atomic E-state index is 8.59. The van der Waals surface area contributed by atoms with Gasteiger partial charge in [0.25, 0.3) is 0 Å². The number of hydrogen-bond acceptors (Lipinski definition) is 3. The number of anilines is 1. The predicted octanol–water partition coefficient (Wildman–Crippen LogP) is 1.23. The zero-order valence-electron chi connectivity index (χ0n) is 9.10. The molecule has 0 unspecified atom stereocenters. The Labute approximate surface area is 94.2 Å². The highest BCUT2D eigenvalue weighted by Gasteiger charge is 2.03. The number of ether oxygens (including phenoxy) is 1. The van der Waals surface area contributed by atoms with Crippen LogP contribution < -0.4 is 5.73 Å². The first-order valence-corrected chi connectivity index (χ1v) is 5.35. The van der Waals surface area contributed by atoms with Crippen molar-refractivity contribution in [2.75, 3.05) is 25.6 Å². The maximum Gasteiger partial charge on any atom is 0.0714 e. The van der Waals surface area contributed by atoms with Crippen molar-refractivity contribution < 1.29 is 9.84 Å². The van der Waals surface area contributed by atoms with Crippen LogP contribution in [0.25, 0.3) is 10.9 Å². The van der Waals surface area contributed by atoms with Gasteiger partial charge in [-0.25, -0.2) is 0 Å². The highest BCUT2D eigenvalue weighted by atomic mass is 16.5. The molecule has 0 spiro atoms. The Morgan fingerprint density at radius 3 is 2.94 bits per heavy atom. The van der Waals surface area contributed by atoms with Gasteiger partial charge in [0.2, 0.25) is 0 Å². The van der Waals surface area contributed by atoms with E-state index >= 15 is 0 Å². The van der Waals surface area contributed by atoms with Crippen LogP contribution in [0.4, 0.5) is 5.69 Å². The molecular weight excluding hydrogens is 204 g/mol. The molecular formula is C12H16N2O2. The number of fused-ring (bicyclic) bond motifs is 1. The molecule has 1 aromatic heterocycles. The summed E-state index contributed by atoms with van der Waals surface area (Å²) < 4.78 is 7.30. The molecule has 0 fully saturated rings. The number of aliphatic hydroxyl groups is 1. The minimum atomic E-state index is 0.0641. The van der Waals surface area contributed by atoms with Crippen molar-refractivity contribution >= 4 is 16.6 Å². The maximum atomic E-state index is 8.59. The first-order valence-electron chi connectivity index (χ1n) is 5.35. The third kappa shape index (κ3) is 2.18. The number of aliphatic hydroxyl groups excluding tert-OH is 1. The number of nitrogens with zero attached hydrogens (tertiary/aromatic N) is 1. The molecule has 0 aliphatic heterocycles. The van der Waals surface area contributed by atoms with E-state index < -0.39 is 0 Å². The molecule has 2 rings (SSSR count). The van der Waals surface area contributed by atoms with Crippen molar-refractivity contribution in [3.8, 4) is 0 Å². The fraction of sp³-hybridized carbons (Fsp3) is 0.333. The van der Waals surface area contributed by atoms with E-state index in [1.54, 1.807) is 0 Å². The zero-order valence-corrected chi connectivity index (χ0v) is 9.10. The van der Waals surface area contributed by atoms with Crippen LogP contribution in [0.3, 0.4) is 0 Å². The second-order valence-electron chi connectivity index (χ2n) is 3.63. The molecule has 0 saturated heterocycles. The quantitative estimate of drug-likeness (QED) is 0.588. The monoisotopic (exact) mass is 220 g/mol. The smallest absolute Gasteiger partial charge is 0.0714 e. The first-order chi connectivity index (χ1) is 7.83. The summed E-state index contributed by atoms with van der Waals surface area (Å²) in [5.41, 5.74) is 7.76. The van der Waals surface area contributed by atoms with Gasteiger partial charge in [-0.1, -0.05) is 12.1 Å².